The van der Waals surface area contributed by atoms with Crippen LogP contribution in [0.2, 0.25) is 0 Å². The van der Waals surface area contributed by atoms with Crippen molar-refractivity contribution in [1.82, 2.24) is 9.78 Å². The topological polar surface area (TPSA) is 53.1 Å². The van der Waals surface area contributed by atoms with Crippen LogP contribution in [-0.2, 0) is 6.42 Å². The van der Waals surface area contributed by atoms with Crippen molar-refractivity contribution >= 4 is 0 Å². The summed E-state index contributed by atoms with van der Waals surface area (Å²) in [4.78, 5) is 0. The Hall–Kier alpha value is -1.81. The van der Waals surface area contributed by atoms with Crippen LogP contribution in [0.1, 0.15) is 22.5 Å². The Morgan fingerprint density at radius 3 is 2.63 bits per heavy atom. The number of nitrogens with zero attached hydrogens (tertiary/aromatic N) is 2. The second kappa shape index (κ2) is 5.45. The summed E-state index contributed by atoms with van der Waals surface area (Å²) in [5.41, 5.74) is 11.2. The summed E-state index contributed by atoms with van der Waals surface area (Å²) in [6, 6.07) is 6.10. The summed E-state index contributed by atoms with van der Waals surface area (Å²) in [7, 11) is 1.68. The Balaban J connectivity index is 2.59. The molecule has 0 aliphatic rings. The van der Waals surface area contributed by atoms with E-state index in [4.69, 9.17) is 10.5 Å². The number of hydrogen-bond donors (Lipinski definition) is 1. The first-order chi connectivity index (χ1) is 9.08. The number of nitrogens with two attached hydrogens (primary N) is 1. The van der Waals surface area contributed by atoms with Crippen molar-refractivity contribution in [2.24, 2.45) is 5.73 Å². The van der Waals surface area contributed by atoms with Gasteiger partial charge in [-0.15, -0.1) is 0 Å². The molecule has 0 aliphatic carbocycles. The molecule has 1 aromatic heterocycles. The SMILES string of the molecule is COc1ccc(C)cc1-n1nc(C)c(CCN)c1C. The first kappa shape index (κ1) is 13.6. The van der Waals surface area contributed by atoms with Gasteiger partial charge in [0.25, 0.3) is 0 Å². The van der Waals surface area contributed by atoms with Gasteiger partial charge in [-0.3, -0.25) is 0 Å². The van der Waals surface area contributed by atoms with E-state index in [2.05, 4.69) is 25.0 Å². The molecule has 4 nitrogen and oxygen atoms in total. The number of aromatic nitrogens is 2. The molecule has 0 saturated carbocycles. The zero-order valence-electron chi connectivity index (χ0n) is 12.0. The van der Waals surface area contributed by atoms with Crippen LogP contribution in [0.4, 0.5) is 0 Å². The van der Waals surface area contributed by atoms with Crippen LogP contribution in [-0.4, -0.2) is 23.4 Å². The Kier molecular flexibility index (Phi) is 3.90. The molecule has 0 unspecified atom stereocenters. The fourth-order valence-corrected chi connectivity index (χ4v) is 2.38. The fourth-order valence-electron chi connectivity index (χ4n) is 2.38. The molecule has 4 heteroatoms. The van der Waals surface area contributed by atoms with Gasteiger partial charge in [0.05, 0.1) is 12.8 Å². The molecule has 2 aromatic rings. The minimum absolute atomic E-state index is 0.637. The molecular weight excluding hydrogens is 238 g/mol. The predicted molar refractivity (Wildman–Crippen MR) is 77.1 cm³/mol. The van der Waals surface area contributed by atoms with Gasteiger partial charge in [0.1, 0.15) is 11.4 Å². The fraction of sp³-hybridized carbons (Fsp3) is 0.400. The quantitative estimate of drug-likeness (QED) is 0.916. The summed E-state index contributed by atoms with van der Waals surface area (Å²) in [6.07, 6.45) is 0.853. The molecule has 0 radical (unpaired) electrons. The maximum absolute atomic E-state index is 5.66. The van der Waals surface area contributed by atoms with E-state index in [9.17, 15) is 0 Å². The molecule has 0 spiro atoms. The largest absolute Gasteiger partial charge is 0.494 e. The van der Waals surface area contributed by atoms with Crippen LogP contribution in [0.25, 0.3) is 5.69 Å². The van der Waals surface area contributed by atoms with Gasteiger partial charge in [-0.25, -0.2) is 4.68 Å². The van der Waals surface area contributed by atoms with Crippen molar-refractivity contribution in [2.45, 2.75) is 27.2 Å². The number of methoxy groups -OCH3 is 1. The Bertz CT molecular complexity index is 587. The third-order valence-corrected chi connectivity index (χ3v) is 3.40. The molecule has 0 fully saturated rings. The molecule has 0 bridgehead atoms. The Morgan fingerprint density at radius 1 is 1.26 bits per heavy atom. The summed E-state index contributed by atoms with van der Waals surface area (Å²) >= 11 is 0. The van der Waals surface area contributed by atoms with Gasteiger partial charge in [0.15, 0.2) is 0 Å². The lowest BCUT2D eigenvalue weighted by Gasteiger charge is -2.11. The lowest BCUT2D eigenvalue weighted by atomic mass is 10.1. The van der Waals surface area contributed by atoms with Gasteiger partial charge in [0.2, 0.25) is 0 Å². The van der Waals surface area contributed by atoms with Crippen LogP contribution < -0.4 is 10.5 Å². The average Bonchev–Trinajstić information content (AvgIpc) is 2.67. The maximum Gasteiger partial charge on any atom is 0.144 e. The molecular formula is C15H21N3O. The summed E-state index contributed by atoms with van der Waals surface area (Å²) in [5.74, 6) is 0.829. The van der Waals surface area contributed by atoms with E-state index in [1.807, 2.05) is 23.7 Å². The summed E-state index contributed by atoms with van der Waals surface area (Å²) in [6.45, 7) is 6.80. The monoisotopic (exact) mass is 259 g/mol. The van der Waals surface area contributed by atoms with Crippen LogP contribution in [0.3, 0.4) is 0 Å². The van der Waals surface area contributed by atoms with Crippen molar-refractivity contribution in [3.05, 3.63) is 40.7 Å². The predicted octanol–water partition coefficient (Wildman–Crippen LogP) is 2.31. The van der Waals surface area contributed by atoms with Crippen LogP contribution >= 0.6 is 0 Å². The van der Waals surface area contributed by atoms with Crippen LogP contribution in [0.15, 0.2) is 18.2 Å². The van der Waals surface area contributed by atoms with Crippen LogP contribution in [0, 0.1) is 20.8 Å². The second-order valence-electron chi connectivity index (χ2n) is 4.78. The van der Waals surface area contributed by atoms with Crippen LogP contribution in [0.5, 0.6) is 5.75 Å². The highest BCUT2D eigenvalue weighted by molar-refractivity contribution is 5.50. The minimum Gasteiger partial charge on any atom is -0.494 e. The van der Waals surface area contributed by atoms with E-state index in [1.54, 1.807) is 7.11 Å². The molecule has 19 heavy (non-hydrogen) atoms. The van der Waals surface area contributed by atoms with E-state index in [-0.39, 0.29) is 0 Å². The van der Waals surface area contributed by atoms with E-state index < -0.39 is 0 Å². The van der Waals surface area contributed by atoms with Crippen molar-refractivity contribution < 1.29 is 4.74 Å². The molecule has 102 valence electrons. The number of benzene rings is 1. The van der Waals surface area contributed by atoms with Gasteiger partial charge in [-0.05, 0) is 57.0 Å². The minimum atomic E-state index is 0.637. The maximum atomic E-state index is 5.66. The zero-order chi connectivity index (χ0) is 14.0. The summed E-state index contributed by atoms with van der Waals surface area (Å²) in [5, 5.41) is 4.63. The van der Waals surface area contributed by atoms with E-state index in [1.165, 1.54) is 11.1 Å². The van der Waals surface area contributed by atoms with Crippen molar-refractivity contribution in [3.63, 3.8) is 0 Å². The van der Waals surface area contributed by atoms with E-state index >= 15 is 0 Å². The molecule has 2 N–H and O–H groups in total. The van der Waals surface area contributed by atoms with Gasteiger partial charge in [-0.1, -0.05) is 6.07 Å². The second-order valence-corrected chi connectivity index (χ2v) is 4.78. The lowest BCUT2D eigenvalue weighted by molar-refractivity contribution is 0.411. The number of rotatable bonds is 4. The first-order valence-corrected chi connectivity index (χ1v) is 6.48. The van der Waals surface area contributed by atoms with Gasteiger partial charge in [-0.2, -0.15) is 5.10 Å². The smallest absolute Gasteiger partial charge is 0.144 e. The standard InChI is InChI=1S/C15H21N3O/c1-10-5-6-15(19-4)14(9-10)18-12(3)13(7-8-16)11(2)17-18/h5-6,9H,7-8,16H2,1-4H3. The molecule has 0 aliphatic heterocycles. The highest BCUT2D eigenvalue weighted by Crippen LogP contribution is 2.26. The van der Waals surface area contributed by atoms with Gasteiger partial charge >= 0.3 is 0 Å². The molecule has 1 heterocycles. The zero-order valence-corrected chi connectivity index (χ0v) is 12.0. The van der Waals surface area contributed by atoms with Gasteiger partial charge < -0.3 is 10.5 Å². The third kappa shape index (κ3) is 2.49. The normalized spacial score (nSPS) is 10.8. The molecule has 0 amide bonds. The average molecular weight is 259 g/mol. The molecule has 1 aromatic carbocycles. The Labute approximate surface area is 114 Å². The van der Waals surface area contributed by atoms with Crippen molar-refractivity contribution in [2.75, 3.05) is 13.7 Å². The highest BCUT2D eigenvalue weighted by atomic mass is 16.5. The van der Waals surface area contributed by atoms with Crippen molar-refractivity contribution in [1.29, 1.82) is 0 Å². The lowest BCUT2D eigenvalue weighted by Crippen LogP contribution is -2.06. The number of hydrogen-bond acceptors (Lipinski definition) is 3. The number of aryl methyl sites for hydroxylation is 2. The molecule has 0 saturated heterocycles. The number of ether oxygens (including phenoxy) is 1. The third-order valence-electron chi connectivity index (χ3n) is 3.40. The van der Waals surface area contributed by atoms with Gasteiger partial charge in [0, 0.05) is 5.69 Å². The first-order valence-electron chi connectivity index (χ1n) is 6.48. The van der Waals surface area contributed by atoms with E-state index in [0.717, 1.165) is 29.2 Å². The van der Waals surface area contributed by atoms with Crippen molar-refractivity contribution in [3.8, 4) is 11.4 Å². The summed E-state index contributed by atoms with van der Waals surface area (Å²) < 4.78 is 7.38. The highest BCUT2D eigenvalue weighted by Gasteiger charge is 2.15. The Morgan fingerprint density at radius 2 is 2.00 bits per heavy atom. The molecule has 2 rings (SSSR count). The van der Waals surface area contributed by atoms with E-state index in [0.29, 0.717) is 6.54 Å². The molecule has 0 atom stereocenters.